The molecule has 0 spiro atoms. The molecule has 0 amide bonds. The van der Waals surface area contributed by atoms with Gasteiger partial charge in [-0.1, -0.05) is 6.42 Å². The Labute approximate surface area is 86.6 Å². The lowest BCUT2D eigenvalue weighted by Crippen LogP contribution is -2.10. The van der Waals surface area contributed by atoms with E-state index in [-0.39, 0.29) is 6.61 Å². The van der Waals surface area contributed by atoms with E-state index in [1.54, 1.807) is 6.20 Å². The van der Waals surface area contributed by atoms with Crippen molar-refractivity contribution >= 4 is 11.2 Å². The van der Waals surface area contributed by atoms with Crippen molar-refractivity contribution in [2.45, 2.75) is 31.8 Å². The average Bonchev–Trinajstić information content (AvgIpc) is 2.56. The van der Waals surface area contributed by atoms with E-state index < -0.39 is 0 Å². The average molecular weight is 204 g/mol. The number of aliphatic hydroxyl groups excluding tert-OH is 1. The maximum atomic E-state index is 8.91. The summed E-state index contributed by atoms with van der Waals surface area (Å²) < 4.78 is 0. The Kier molecular flexibility index (Phi) is 1.92. The molecule has 0 saturated heterocycles. The number of H-pyrrole nitrogens is 1. The molecule has 3 rings (SSSR count). The molecule has 0 aliphatic heterocycles. The number of fused-ring (bicyclic) bond motifs is 1. The minimum Gasteiger partial charge on any atom is -0.388 e. The van der Waals surface area contributed by atoms with Gasteiger partial charge in [0.25, 0.3) is 0 Å². The molecule has 0 bridgehead atoms. The number of imidazole rings is 1. The van der Waals surface area contributed by atoms with Crippen LogP contribution in [0.4, 0.5) is 0 Å². The Hall–Kier alpha value is -1.49. The van der Waals surface area contributed by atoms with E-state index in [0.717, 1.165) is 11.3 Å². The summed E-state index contributed by atoms with van der Waals surface area (Å²) in [4.78, 5) is 15.8. The van der Waals surface area contributed by atoms with E-state index in [1.807, 2.05) is 0 Å². The van der Waals surface area contributed by atoms with Gasteiger partial charge in [0, 0.05) is 5.92 Å². The molecule has 78 valence electrons. The highest BCUT2D eigenvalue weighted by molar-refractivity contribution is 5.69. The van der Waals surface area contributed by atoms with Crippen LogP contribution in [0.25, 0.3) is 11.2 Å². The smallest absolute Gasteiger partial charge is 0.181 e. The van der Waals surface area contributed by atoms with Crippen molar-refractivity contribution in [2.24, 2.45) is 0 Å². The predicted octanol–water partition coefficient (Wildman–Crippen LogP) is 1.11. The van der Waals surface area contributed by atoms with E-state index in [9.17, 15) is 0 Å². The van der Waals surface area contributed by atoms with Gasteiger partial charge >= 0.3 is 0 Å². The van der Waals surface area contributed by atoms with Gasteiger partial charge in [0.1, 0.15) is 17.9 Å². The van der Waals surface area contributed by atoms with E-state index in [4.69, 9.17) is 5.11 Å². The third kappa shape index (κ3) is 1.39. The summed E-state index contributed by atoms with van der Waals surface area (Å²) in [6.07, 6.45) is 5.39. The van der Waals surface area contributed by atoms with Crippen LogP contribution in [-0.2, 0) is 6.61 Å². The summed E-state index contributed by atoms with van der Waals surface area (Å²) in [7, 11) is 0. The first-order chi connectivity index (χ1) is 7.36. The van der Waals surface area contributed by atoms with Crippen molar-refractivity contribution in [2.75, 3.05) is 0 Å². The zero-order valence-corrected chi connectivity index (χ0v) is 8.27. The van der Waals surface area contributed by atoms with Crippen LogP contribution in [0.5, 0.6) is 0 Å². The number of aromatic nitrogens is 4. The number of nitrogens with one attached hydrogen (secondary N) is 1. The highest BCUT2D eigenvalue weighted by Crippen LogP contribution is 2.35. The van der Waals surface area contributed by atoms with Crippen molar-refractivity contribution < 1.29 is 5.11 Å². The molecular formula is C10H12N4O. The van der Waals surface area contributed by atoms with Gasteiger partial charge in [-0.05, 0) is 12.8 Å². The Bertz CT molecular complexity index is 489. The number of hydrogen-bond acceptors (Lipinski definition) is 4. The Morgan fingerprint density at radius 2 is 2.27 bits per heavy atom. The fourth-order valence-electron chi connectivity index (χ4n) is 1.81. The van der Waals surface area contributed by atoms with Crippen molar-refractivity contribution in [3.8, 4) is 0 Å². The van der Waals surface area contributed by atoms with E-state index in [0.29, 0.717) is 17.4 Å². The second-order valence-corrected chi connectivity index (χ2v) is 3.93. The van der Waals surface area contributed by atoms with Crippen LogP contribution >= 0.6 is 0 Å². The molecule has 0 radical (unpaired) electrons. The molecule has 0 unspecified atom stereocenters. The molecular weight excluding hydrogens is 192 g/mol. The van der Waals surface area contributed by atoms with Gasteiger partial charge in [-0.15, -0.1) is 0 Å². The Morgan fingerprint density at radius 3 is 2.93 bits per heavy atom. The van der Waals surface area contributed by atoms with Crippen molar-refractivity contribution in [1.29, 1.82) is 0 Å². The SMILES string of the molecule is OCc1ncc2[nH]c(C3CCC3)nc2n1. The number of aliphatic hydroxyl groups is 1. The number of aromatic amines is 1. The van der Waals surface area contributed by atoms with Gasteiger partial charge < -0.3 is 10.1 Å². The first-order valence-corrected chi connectivity index (χ1v) is 5.19. The van der Waals surface area contributed by atoms with E-state index in [1.165, 1.54) is 19.3 Å². The Balaban J connectivity index is 2.04. The molecule has 1 saturated carbocycles. The standard InChI is InChI=1S/C10H12N4O/c15-5-8-11-4-7-10(13-8)14-9(12-7)6-2-1-3-6/h4,6,15H,1-3,5H2,(H,11,12,13,14). The monoisotopic (exact) mass is 204 g/mol. The van der Waals surface area contributed by atoms with Crippen molar-refractivity contribution in [3.63, 3.8) is 0 Å². The van der Waals surface area contributed by atoms with Crippen LogP contribution in [0.2, 0.25) is 0 Å². The zero-order valence-electron chi connectivity index (χ0n) is 8.27. The molecule has 2 aromatic heterocycles. The number of rotatable bonds is 2. The maximum Gasteiger partial charge on any atom is 0.181 e. The normalized spacial score (nSPS) is 16.9. The maximum absolute atomic E-state index is 8.91. The highest BCUT2D eigenvalue weighted by Gasteiger charge is 2.22. The molecule has 1 aliphatic carbocycles. The van der Waals surface area contributed by atoms with Crippen LogP contribution in [0.1, 0.15) is 36.8 Å². The fraction of sp³-hybridized carbons (Fsp3) is 0.500. The third-order valence-corrected chi connectivity index (χ3v) is 2.94. The Morgan fingerprint density at radius 1 is 1.40 bits per heavy atom. The summed E-state index contributed by atoms with van der Waals surface area (Å²) in [5, 5.41) is 8.91. The molecule has 5 heteroatoms. The minimum atomic E-state index is -0.137. The molecule has 15 heavy (non-hydrogen) atoms. The first kappa shape index (κ1) is 8.79. The summed E-state index contributed by atoms with van der Waals surface area (Å²) >= 11 is 0. The van der Waals surface area contributed by atoms with Crippen LogP contribution in [0.3, 0.4) is 0 Å². The molecule has 0 aromatic carbocycles. The fourth-order valence-corrected chi connectivity index (χ4v) is 1.81. The highest BCUT2D eigenvalue weighted by atomic mass is 16.3. The number of nitrogens with zero attached hydrogens (tertiary/aromatic N) is 3. The van der Waals surface area contributed by atoms with Gasteiger partial charge in [0.15, 0.2) is 11.5 Å². The quantitative estimate of drug-likeness (QED) is 0.768. The summed E-state index contributed by atoms with van der Waals surface area (Å²) in [6, 6.07) is 0. The van der Waals surface area contributed by atoms with Crippen LogP contribution in [0, 0.1) is 0 Å². The molecule has 2 aromatic rings. The molecule has 2 N–H and O–H groups in total. The van der Waals surface area contributed by atoms with Gasteiger partial charge in [-0.3, -0.25) is 0 Å². The summed E-state index contributed by atoms with van der Waals surface area (Å²) in [5.41, 5.74) is 1.52. The van der Waals surface area contributed by atoms with Gasteiger partial charge in [0.05, 0.1) is 6.20 Å². The third-order valence-electron chi connectivity index (χ3n) is 2.94. The van der Waals surface area contributed by atoms with Crippen LogP contribution in [-0.4, -0.2) is 25.0 Å². The second kappa shape index (κ2) is 3.27. The van der Waals surface area contributed by atoms with Crippen molar-refractivity contribution in [1.82, 2.24) is 19.9 Å². The van der Waals surface area contributed by atoms with E-state index >= 15 is 0 Å². The molecule has 5 nitrogen and oxygen atoms in total. The largest absolute Gasteiger partial charge is 0.388 e. The second-order valence-electron chi connectivity index (χ2n) is 3.93. The number of hydrogen-bond donors (Lipinski definition) is 2. The molecule has 1 fully saturated rings. The minimum absolute atomic E-state index is 0.137. The lowest BCUT2D eigenvalue weighted by molar-refractivity contribution is 0.271. The summed E-state index contributed by atoms with van der Waals surface area (Å²) in [5.74, 6) is 2.01. The molecule has 0 atom stereocenters. The van der Waals surface area contributed by atoms with Gasteiger partial charge in [-0.2, -0.15) is 0 Å². The predicted molar refractivity (Wildman–Crippen MR) is 54.2 cm³/mol. The molecule has 1 aliphatic rings. The van der Waals surface area contributed by atoms with Crippen LogP contribution < -0.4 is 0 Å². The van der Waals surface area contributed by atoms with Crippen molar-refractivity contribution in [3.05, 3.63) is 17.8 Å². The molecule has 2 heterocycles. The van der Waals surface area contributed by atoms with Gasteiger partial charge in [-0.25, -0.2) is 15.0 Å². The lowest BCUT2D eigenvalue weighted by Gasteiger charge is -2.22. The lowest BCUT2D eigenvalue weighted by atomic mass is 9.85. The zero-order chi connectivity index (χ0) is 10.3. The first-order valence-electron chi connectivity index (χ1n) is 5.19. The topological polar surface area (TPSA) is 74.7 Å². The van der Waals surface area contributed by atoms with Gasteiger partial charge in [0.2, 0.25) is 0 Å². The summed E-state index contributed by atoms with van der Waals surface area (Å²) in [6.45, 7) is -0.137. The van der Waals surface area contributed by atoms with Crippen LogP contribution in [0.15, 0.2) is 6.20 Å². The van der Waals surface area contributed by atoms with E-state index in [2.05, 4.69) is 19.9 Å².